The predicted octanol–water partition coefficient (Wildman–Crippen LogP) is 5.55. The van der Waals surface area contributed by atoms with Crippen molar-refractivity contribution >= 4 is 11.5 Å². The minimum absolute atomic E-state index is 0.138. The van der Waals surface area contributed by atoms with Crippen molar-refractivity contribution in [1.29, 1.82) is 0 Å². The number of nitrogens with zero attached hydrogens (tertiary/aromatic N) is 1. The van der Waals surface area contributed by atoms with Gasteiger partial charge in [-0.25, -0.2) is 0 Å². The summed E-state index contributed by atoms with van der Waals surface area (Å²) in [6, 6.07) is 9.01. The molecular formula is C30H41NO3. The zero-order valence-corrected chi connectivity index (χ0v) is 21.1. The number of aliphatic hydroxyl groups is 2. The van der Waals surface area contributed by atoms with Crippen LogP contribution in [0.5, 0.6) is 0 Å². The normalized spacial score (nSPS) is 35.3. The Balaban J connectivity index is 1.64. The van der Waals surface area contributed by atoms with E-state index in [2.05, 4.69) is 50.2 Å². The summed E-state index contributed by atoms with van der Waals surface area (Å²) in [5, 5.41) is 21.7. The van der Waals surface area contributed by atoms with E-state index in [-0.39, 0.29) is 23.7 Å². The molecule has 0 aliphatic heterocycles. The fourth-order valence-corrected chi connectivity index (χ4v) is 8.06. The Labute approximate surface area is 204 Å². The molecule has 1 aromatic rings. The Morgan fingerprint density at radius 1 is 1.09 bits per heavy atom. The Hall–Kier alpha value is -1.91. The van der Waals surface area contributed by atoms with Crippen LogP contribution in [0.4, 0.5) is 5.69 Å². The third-order valence-electron chi connectivity index (χ3n) is 9.85. The Kier molecular flexibility index (Phi) is 6.27. The van der Waals surface area contributed by atoms with E-state index in [9.17, 15) is 15.0 Å². The number of carbonyl (C=O) groups is 1. The van der Waals surface area contributed by atoms with Crippen LogP contribution < -0.4 is 4.90 Å². The molecule has 0 radical (unpaired) electrons. The van der Waals surface area contributed by atoms with Crippen molar-refractivity contribution < 1.29 is 15.0 Å². The molecule has 0 heterocycles. The first-order valence-electron chi connectivity index (χ1n) is 13.3. The average molecular weight is 464 g/mol. The van der Waals surface area contributed by atoms with E-state index >= 15 is 0 Å². The first-order valence-corrected chi connectivity index (χ1v) is 13.3. The Morgan fingerprint density at radius 2 is 1.85 bits per heavy atom. The Bertz CT molecular complexity index is 1010. The molecule has 0 amide bonds. The first kappa shape index (κ1) is 23.8. The maximum Gasteiger partial charge on any atom is 0.156 e. The van der Waals surface area contributed by atoms with Gasteiger partial charge in [0.25, 0.3) is 0 Å². The maximum atomic E-state index is 12.2. The van der Waals surface area contributed by atoms with Gasteiger partial charge in [-0.15, -0.1) is 0 Å². The monoisotopic (exact) mass is 463 g/mol. The van der Waals surface area contributed by atoms with Crippen LogP contribution in [0.15, 0.2) is 47.1 Å². The van der Waals surface area contributed by atoms with Crippen molar-refractivity contribution in [3.8, 4) is 0 Å². The largest absolute Gasteiger partial charge is 0.396 e. The summed E-state index contributed by atoms with van der Waals surface area (Å²) in [4.78, 5) is 14.4. The molecule has 4 nitrogen and oxygen atoms in total. The van der Waals surface area contributed by atoms with Crippen molar-refractivity contribution in [1.82, 2.24) is 0 Å². The highest BCUT2D eigenvalue weighted by Crippen LogP contribution is 2.66. The van der Waals surface area contributed by atoms with Crippen molar-refractivity contribution in [2.24, 2.45) is 17.3 Å². The van der Waals surface area contributed by atoms with Crippen LogP contribution in [-0.2, 0) is 4.79 Å². The van der Waals surface area contributed by atoms with Crippen LogP contribution in [-0.4, -0.2) is 42.3 Å². The number of allylic oxidation sites excluding steroid dienone is 4. The average Bonchev–Trinajstić information content (AvgIpc) is 2.83. The van der Waals surface area contributed by atoms with Crippen LogP contribution in [0.3, 0.4) is 0 Å². The highest BCUT2D eigenvalue weighted by Gasteiger charge is 2.60. The summed E-state index contributed by atoms with van der Waals surface area (Å²) < 4.78 is 0. The van der Waals surface area contributed by atoms with Crippen molar-refractivity contribution in [3.63, 3.8) is 0 Å². The van der Waals surface area contributed by atoms with Crippen molar-refractivity contribution in [2.75, 3.05) is 25.6 Å². The van der Waals surface area contributed by atoms with Crippen molar-refractivity contribution in [2.45, 2.75) is 82.7 Å². The number of aliphatic hydroxyl groups excluding tert-OH is 1. The lowest BCUT2D eigenvalue weighted by Gasteiger charge is -2.62. The maximum absolute atomic E-state index is 12.2. The third-order valence-corrected chi connectivity index (χ3v) is 9.85. The molecule has 0 spiro atoms. The predicted molar refractivity (Wildman–Crippen MR) is 137 cm³/mol. The molecule has 34 heavy (non-hydrogen) atoms. The molecule has 0 aromatic heterocycles. The molecule has 3 unspecified atom stereocenters. The second-order valence-electron chi connectivity index (χ2n) is 11.7. The van der Waals surface area contributed by atoms with E-state index in [4.69, 9.17) is 0 Å². The molecular weight excluding hydrogens is 422 g/mol. The van der Waals surface area contributed by atoms with Crippen LogP contribution >= 0.6 is 0 Å². The lowest BCUT2D eigenvalue weighted by Crippen LogP contribution is -2.59. The number of rotatable bonds is 5. The van der Waals surface area contributed by atoms with Gasteiger partial charge >= 0.3 is 0 Å². The van der Waals surface area contributed by atoms with E-state index < -0.39 is 5.60 Å². The van der Waals surface area contributed by atoms with Gasteiger partial charge in [0.2, 0.25) is 0 Å². The lowest BCUT2D eigenvalue weighted by molar-refractivity contribution is -0.168. The molecule has 5 atom stereocenters. The van der Waals surface area contributed by atoms with Gasteiger partial charge in [-0.2, -0.15) is 0 Å². The number of hydrogen-bond donors (Lipinski definition) is 2. The minimum atomic E-state index is -0.727. The highest BCUT2D eigenvalue weighted by molar-refractivity contribution is 5.93. The molecule has 5 rings (SSSR count). The Morgan fingerprint density at radius 3 is 2.56 bits per heavy atom. The summed E-state index contributed by atoms with van der Waals surface area (Å²) in [7, 11) is 4.14. The molecule has 184 valence electrons. The number of ketones is 1. The molecule has 4 aliphatic rings. The van der Waals surface area contributed by atoms with Gasteiger partial charge in [0, 0.05) is 44.1 Å². The van der Waals surface area contributed by atoms with E-state index in [0.29, 0.717) is 31.1 Å². The number of benzene rings is 1. The standard InChI is InChI=1S/C30H41NO3/c1-29-19-26(20-7-10-22(11-8-20)31(2)3)28-24-14-12-23(33)18-21(24)9-13-25(28)27(29)6-4-15-30(29,34)16-5-17-32/h7-8,10-11,18,25-27,32,34H,4-6,9,12-17,19H2,1-3H3/t25?,26-,27?,29?,30-/m1/s1. The lowest BCUT2D eigenvalue weighted by atomic mass is 9.44. The number of anilines is 1. The number of hydrogen-bond acceptors (Lipinski definition) is 4. The van der Waals surface area contributed by atoms with Gasteiger partial charge in [0.05, 0.1) is 5.60 Å². The van der Waals surface area contributed by atoms with Crippen molar-refractivity contribution in [3.05, 3.63) is 52.6 Å². The molecule has 0 bridgehead atoms. The van der Waals surface area contributed by atoms with Gasteiger partial charge in [-0.3, -0.25) is 4.79 Å². The van der Waals surface area contributed by atoms with Crippen LogP contribution in [0.1, 0.15) is 82.6 Å². The quantitative estimate of drug-likeness (QED) is 0.601. The van der Waals surface area contributed by atoms with Gasteiger partial charge in [-0.05, 0) is 98.1 Å². The summed E-state index contributed by atoms with van der Waals surface area (Å²) in [5.41, 5.74) is 5.96. The molecule has 2 fully saturated rings. The van der Waals surface area contributed by atoms with E-state index in [0.717, 1.165) is 38.5 Å². The van der Waals surface area contributed by atoms with Gasteiger partial charge < -0.3 is 15.1 Å². The molecule has 0 saturated heterocycles. The molecule has 4 heteroatoms. The molecule has 1 aromatic carbocycles. The molecule has 4 aliphatic carbocycles. The second kappa shape index (κ2) is 8.95. The summed E-state index contributed by atoms with van der Waals surface area (Å²) in [6.07, 6.45) is 10.9. The van der Waals surface area contributed by atoms with Gasteiger partial charge in [0.1, 0.15) is 0 Å². The fraction of sp³-hybridized carbons (Fsp3) is 0.633. The fourth-order valence-electron chi connectivity index (χ4n) is 8.06. The highest BCUT2D eigenvalue weighted by atomic mass is 16.3. The number of fused-ring (bicyclic) bond motifs is 4. The topological polar surface area (TPSA) is 60.8 Å². The van der Waals surface area contributed by atoms with Crippen LogP contribution in [0.2, 0.25) is 0 Å². The smallest absolute Gasteiger partial charge is 0.156 e. The SMILES string of the molecule is CN(C)c1ccc([C@H]2CC3(C)C(CCC[C@@]3(O)CCCO)C3CCC4=CC(=O)CCC4=C32)cc1. The van der Waals surface area contributed by atoms with E-state index in [1.54, 1.807) is 5.57 Å². The summed E-state index contributed by atoms with van der Waals surface area (Å²) in [5.74, 6) is 1.48. The van der Waals surface area contributed by atoms with Gasteiger partial charge in [0.15, 0.2) is 5.78 Å². The van der Waals surface area contributed by atoms with Gasteiger partial charge in [-0.1, -0.05) is 31.1 Å². The molecule has 2 saturated carbocycles. The second-order valence-corrected chi connectivity index (χ2v) is 11.7. The van der Waals surface area contributed by atoms with Crippen LogP contribution in [0.25, 0.3) is 0 Å². The summed E-state index contributed by atoms with van der Waals surface area (Å²) >= 11 is 0. The van der Waals surface area contributed by atoms with E-state index in [1.807, 2.05) is 6.08 Å². The number of carbonyl (C=O) groups excluding carboxylic acids is 1. The minimum Gasteiger partial charge on any atom is -0.396 e. The first-order chi connectivity index (χ1) is 16.3. The van der Waals surface area contributed by atoms with Crippen LogP contribution in [0, 0.1) is 17.3 Å². The zero-order chi connectivity index (χ0) is 24.1. The van der Waals surface area contributed by atoms with E-state index in [1.165, 1.54) is 28.8 Å². The third kappa shape index (κ3) is 3.78. The molecule has 2 N–H and O–H groups in total. The zero-order valence-electron chi connectivity index (χ0n) is 21.1. The summed E-state index contributed by atoms with van der Waals surface area (Å²) in [6.45, 7) is 2.49.